The van der Waals surface area contributed by atoms with E-state index in [2.05, 4.69) is 6.92 Å². The molecule has 2 rings (SSSR count). The smallest absolute Gasteiger partial charge is 0.222 e. The Labute approximate surface area is 122 Å². The van der Waals surface area contributed by atoms with Gasteiger partial charge in [-0.3, -0.25) is 9.59 Å². The molecule has 0 aliphatic carbocycles. The average molecular weight is 300 g/mol. The molecule has 2 heterocycles. The lowest BCUT2D eigenvalue weighted by Gasteiger charge is -2.19. The van der Waals surface area contributed by atoms with Gasteiger partial charge >= 0.3 is 0 Å². The van der Waals surface area contributed by atoms with Gasteiger partial charge in [-0.15, -0.1) is 11.3 Å². The summed E-state index contributed by atoms with van der Waals surface area (Å²) in [6.07, 6.45) is 3.62. The van der Waals surface area contributed by atoms with Crippen molar-refractivity contribution < 1.29 is 9.59 Å². The van der Waals surface area contributed by atoms with Gasteiger partial charge in [-0.2, -0.15) is 0 Å². The Morgan fingerprint density at radius 2 is 2.26 bits per heavy atom. The van der Waals surface area contributed by atoms with Crippen LogP contribution in [0.15, 0.2) is 12.1 Å². The van der Waals surface area contributed by atoms with Gasteiger partial charge < -0.3 is 4.90 Å². The molecule has 0 N–H and O–H groups in total. The highest BCUT2D eigenvalue weighted by Crippen LogP contribution is 2.24. The number of nitrogens with zero attached hydrogens (tertiary/aromatic N) is 1. The summed E-state index contributed by atoms with van der Waals surface area (Å²) >= 11 is 7.10. The van der Waals surface area contributed by atoms with Crippen molar-refractivity contribution >= 4 is 34.6 Å². The third kappa shape index (κ3) is 3.80. The van der Waals surface area contributed by atoms with Gasteiger partial charge in [0, 0.05) is 13.0 Å². The summed E-state index contributed by atoms with van der Waals surface area (Å²) < 4.78 is 0.608. The number of carbonyl (C=O) groups is 2. The van der Waals surface area contributed by atoms with E-state index in [0.29, 0.717) is 28.1 Å². The van der Waals surface area contributed by atoms with Gasteiger partial charge in [-0.05, 0) is 30.9 Å². The second-order valence-electron chi connectivity index (χ2n) is 4.94. The van der Waals surface area contributed by atoms with Crippen molar-refractivity contribution in [3.05, 3.63) is 21.3 Å². The van der Waals surface area contributed by atoms with E-state index < -0.39 is 0 Å². The first-order valence-electron chi connectivity index (χ1n) is 6.66. The van der Waals surface area contributed by atoms with Gasteiger partial charge in [-0.25, -0.2) is 0 Å². The van der Waals surface area contributed by atoms with E-state index in [-0.39, 0.29) is 18.2 Å². The van der Waals surface area contributed by atoms with Crippen molar-refractivity contribution in [2.24, 2.45) is 5.92 Å². The quantitative estimate of drug-likeness (QED) is 0.796. The minimum atomic E-state index is -0.0137. The molecule has 1 fully saturated rings. The summed E-state index contributed by atoms with van der Waals surface area (Å²) in [7, 11) is 0. The maximum atomic E-state index is 12.1. The Hall–Kier alpha value is -0.870. The molecule has 1 aliphatic heterocycles. The first-order chi connectivity index (χ1) is 9.10. The van der Waals surface area contributed by atoms with Gasteiger partial charge in [0.05, 0.1) is 15.8 Å². The lowest BCUT2D eigenvalue weighted by Crippen LogP contribution is -2.35. The Kier molecular flexibility index (Phi) is 4.99. The van der Waals surface area contributed by atoms with Crippen LogP contribution in [0.1, 0.15) is 42.3 Å². The van der Waals surface area contributed by atoms with Crippen LogP contribution in [-0.4, -0.2) is 29.7 Å². The zero-order valence-electron chi connectivity index (χ0n) is 11.0. The van der Waals surface area contributed by atoms with Crippen LogP contribution in [0.2, 0.25) is 4.34 Å². The molecule has 0 radical (unpaired) electrons. The predicted octanol–water partition coefficient (Wildman–Crippen LogP) is 3.62. The zero-order chi connectivity index (χ0) is 13.8. The Morgan fingerprint density at radius 1 is 1.47 bits per heavy atom. The lowest BCUT2D eigenvalue weighted by atomic mass is 9.98. The van der Waals surface area contributed by atoms with Crippen LogP contribution in [0, 0.1) is 5.92 Å². The number of rotatable bonds is 4. The molecule has 19 heavy (non-hydrogen) atoms. The minimum Gasteiger partial charge on any atom is -0.335 e. The molecule has 1 amide bonds. The number of likely N-dealkylation sites (tertiary alicyclic amines) is 1. The van der Waals surface area contributed by atoms with Crippen LogP contribution in [0.5, 0.6) is 0 Å². The number of hydrogen-bond donors (Lipinski definition) is 0. The third-order valence-electron chi connectivity index (χ3n) is 3.69. The van der Waals surface area contributed by atoms with Crippen LogP contribution >= 0.6 is 22.9 Å². The highest BCUT2D eigenvalue weighted by Gasteiger charge is 2.24. The SMILES string of the molecule is CCC1CCC(=O)N(CC(=O)c2ccc(Cl)s2)CC1. The van der Waals surface area contributed by atoms with Crippen LogP contribution in [0.3, 0.4) is 0 Å². The van der Waals surface area contributed by atoms with Crippen LogP contribution < -0.4 is 0 Å². The maximum Gasteiger partial charge on any atom is 0.222 e. The van der Waals surface area contributed by atoms with Gasteiger partial charge in [0.2, 0.25) is 5.91 Å². The molecule has 0 aromatic carbocycles. The number of thiophene rings is 1. The number of ketones is 1. The zero-order valence-corrected chi connectivity index (χ0v) is 12.6. The second kappa shape index (κ2) is 6.53. The largest absolute Gasteiger partial charge is 0.335 e. The van der Waals surface area contributed by atoms with Gasteiger partial charge in [0.25, 0.3) is 0 Å². The standard InChI is InChI=1S/C14H18ClNO2S/c1-2-10-3-6-14(18)16(8-7-10)9-11(17)12-4-5-13(15)19-12/h4-5,10H,2-3,6-9H2,1H3. The summed E-state index contributed by atoms with van der Waals surface area (Å²) in [5.41, 5.74) is 0. The maximum absolute atomic E-state index is 12.1. The summed E-state index contributed by atoms with van der Waals surface area (Å²) in [5, 5.41) is 0. The molecular weight excluding hydrogens is 282 g/mol. The number of carbonyl (C=O) groups excluding carboxylic acids is 2. The molecule has 1 aromatic heterocycles. The fourth-order valence-corrected chi connectivity index (χ4v) is 3.36. The van der Waals surface area contributed by atoms with E-state index in [1.54, 1.807) is 17.0 Å². The Balaban J connectivity index is 1.97. The van der Waals surface area contributed by atoms with Crippen molar-refractivity contribution in [1.82, 2.24) is 4.90 Å². The van der Waals surface area contributed by atoms with Crippen molar-refractivity contribution in [3.8, 4) is 0 Å². The Morgan fingerprint density at radius 3 is 2.89 bits per heavy atom. The van der Waals surface area contributed by atoms with E-state index in [1.807, 2.05) is 0 Å². The summed E-state index contributed by atoms with van der Waals surface area (Å²) in [6, 6.07) is 3.45. The highest BCUT2D eigenvalue weighted by atomic mass is 35.5. The number of Topliss-reactive ketones (excluding diaryl/α,β-unsaturated/α-hetero) is 1. The molecule has 1 aliphatic rings. The van der Waals surface area contributed by atoms with E-state index in [0.717, 1.165) is 19.3 Å². The molecule has 1 atom stereocenters. The summed E-state index contributed by atoms with van der Waals surface area (Å²) in [6.45, 7) is 3.04. The highest BCUT2D eigenvalue weighted by molar-refractivity contribution is 7.18. The Bertz CT molecular complexity index is 472. The van der Waals surface area contributed by atoms with Crippen molar-refractivity contribution in [3.63, 3.8) is 0 Å². The molecule has 3 nitrogen and oxygen atoms in total. The number of amides is 1. The molecule has 1 unspecified atom stereocenters. The average Bonchev–Trinajstić information content (AvgIpc) is 2.75. The third-order valence-corrected chi connectivity index (χ3v) is 4.96. The van der Waals surface area contributed by atoms with Gasteiger partial charge in [0.15, 0.2) is 5.78 Å². The minimum absolute atomic E-state index is 0.0137. The van der Waals surface area contributed by atoms with E-state index in [1.165, 1.54) is 11.3 Å². The van der Waals surface area contributed by atoms with E-state index >= 15 is 0 Å². The fraction of sp³-hybridized carbons (Fsp3) is 0.571. The first-order valence-corrected chi connectivity index (χ1v) is 7.86. The van der Waals surface area contributed by atoms with Crippen LogP contribution in [0.25, 0.3) is 0 Å². The lowest BCUT2D eigenvalue weighted by molar-refractivity contribution is -0.130. The number of halogens is 1. The second-order valence-corrected chi connectivity index (χ2v) is 6.66. The van der Waals surface area contributed by atoms with Crippen molar-refractivity contribution in [1.29, 1.82) is 0 Å². The number of hydrogen-bond acceptors (Lipinski definition) is 3. The normalized spacial score (nSPS) is 20.4. The van der Waals surface area contributed by atoms with Crippen LogP contribution in [-0.2, 0) is 4.79 Å². The predicted molar refractivity (Wildman–Crippen MR) is 77.9 cm³/mol. The van der Waals surface area contributed by atoms with Crippen molar-refractivity contribution in [2.45, 2.75) is 32.6 Å². The van der Waals surface area contributed by atoms with Gasteiger partial charge in [0.1, 0.15) is 0 Å². The molecule has 0 bridgehead atoms. The van der Waals surface area contributed by atoms with E-state index in [9.17, 15) is 9.59 Å². The molecule has 0 saturated carbocycles. The van der Waals surface area contributed by atoms with Crippen molar-refractivity contribution in [2.75, 3.05) is 13.1 Å². The topological polar surface area (TPSA) is 37.4 Å². The monoisotopic (exact) mass is 299 g/mol. The molecule has 1 aromatic rings. The van der Waals surface area contributed by atoms with Crippen LogP contribution in [0.4, 0.5) is 0 Å². The fourth-order valence-electron chi connectivity index (χ4n) is 2.38. The molecular formula is C14H18ClNO2S. The summed E-state index contributed by atoms with van der Waals surface area (Å²) in [4.78, 5) is 26.4. The van der Waals surface area contributed by atoms with Gasteiger partial charge in [-0.1, -0.05) is 24.9 Å². The molecule has 104 valence electrons. The molecule has 0 spiro atoms. The first kappa shape index (κ1) is 14.5. The molecule has 5 heteroatoms. The molecule has 1 saturated heterocycles. The summed E-state index contributed by atoms with van der Waals surface area (Å²) in [5.74, 6) is 0.701. The van der Waals surface area contributed by atoms with E-state index in [4.69, 9.17) is 11.6 Å².